The molecule has 0 fully saturated rings. The Morgan fingerprint density at radius 3 is 2.27 bits per heavy atom. The van der Waals surface area contributed by atoms with Gasteiger partial charge in [-0.25, -0.2) is 0 Å². The number of carbonyl (C=O) groups excluding carboxylic acids is 2. The van der Waals surface area contributed by atoms with E-state index in [1.54, 1.807) is 0 Å². The van der Waals surface area contributed by atoms with E-state index in [-0.39, 0.29) is 18.3 Å². The van der Waals surface area contributed by atoms with E-state index in [2.05, 4.69) is 5.32 Å². The number of amides is 1. The molecule has 124 valence electrons. The Bertz CT molecular complexity index is 457. The minimum Gasteiger partial charge on any atom is -0.480 e. The Balaban J connectivity index is 0. The molecule has 0 aliphatic carbocycles. The second kappa shape index (κ2) is 13.1. The van der Waals surface area contributed by atoms with Gasteiger partial charge in [-0.15, -0.1) is 24.0 Å². The van der Waals surface area contributed by atoms with Gasteiger partial charge in [0.15, 0.2) is 0 Å². The van der Waals surface area contributed by atoms with Crippen molar-refractivity contribution in [1.29, 1.82) is 0 Å². The third-order valence-electron chi connectivity index (χ3n) is 2.43. The highest BCUT2D eigenvalue weighted by Crippen LogP contribution is 2.02. The van der Waals surface area contributed by atoms with Crippen LogP contribution in [-0.4, -0.2) is 41.2 Å². The fourth-order valence-electron chi connectivity index (χ4n) is 1.34. The smallest absolute Gasteiger partial charge is 0.325 e. The first kappa shape index (κ1) is 22.6. The molecule has 8 heteroatoms. The predicted octanol–water partition coefficient (Wildman–Crippen LogP) is 0.992. The standard InChI is InChI=1S/C12H16N2O3.C2H3ClO.ClH/c1-8(12(16)17)14-11(15)10(13)7-9-5-3-2-4-6-9;3-1-2-4;/h2-6,8,10H,7,13H2,1H3,(H,14,15)(H,16,17);2H,1H2;1H. The molecule has 0 aliphatic rings. The maximum absolute atomic E-state index is 11.6. The summed E-state index contributed by atoms with van der Waals surface area (Å²) in [6.45, 7) is 1.40. The van der Waals surface area contributed by atoms with Crippen LogP contribution < -0.4 is 11.1 Å². The van der Waals surface area contributed by atoms with Crippen LogP contribution in [0.2, 0.25) is 0 Å². The van der Waals surface area contributed by atoms with Crippen LogP contribution in [0.4, 0.5) is 0 Å². The number of halogens is 2. The Kier molecular flexibility index (Phi) is 13.4. The topological polar surface area (TPSA) is 109 Å². The SMILES string of the molecule is CC(NC(=O)C(N)Cc1ccccc1)C(=O)O.Cl.O=CCCl. The van der Waals surface area contributed by atoms with Gasteiger partial charge in [0.25, 0.3) is 0 Å². The summed E-state index contributed by atoms with van der Waals surface area (Å²) in [5.74, 6) is -1.42. The van der Waals surface area contributed by atoms with E-state index in [4.69, 9.17) is 27.2 Å². The van der Waals surface area contributed by atoms with Crippen molar-refractivity contribution < 1.29 is 19.5 Å². The highest BCUT2D eigenvalue weighted by atomic mass is 35.5. The van der Waals surface area contributed by atoms with E-state index in [1.165, 1.54) is 6.92 Å². The summed E-state index contributed by atoms with van der Waals surface area (Å²) >= 11 is 4.82. The largest absolute Gasteiger partial charge is 0.480 e. The number of nitrogens with two attached hydrogens (primary N) is 1. The minimum absolute atomic E-state index is 0. The summed E-state index contributed by atoms with van der Waals surface area (Å²) < 4.78 is 0. The van der Waals surface area contributed by atoms with Crippen LogP contribution in [0.5, 0.6) is 0 Å². The lowest BCUT2D eigenvalue weighted by atomic mass is 10.1. The summed E-state index contributed by atoms with van der Waals surface area (Å²) in [5, 5.41) is 11.0. The zero-order valence-corrected chi connectivity index (χ0v) is 13.6. The fourth-order valence-corrected chi connectivity index (χ4v) is 1.34. The highest BCUT2D eigenvalue weighted by molar-refractivity contribution is 6.24. The molecule has 0 saturated heterocycles. The van der Waals surface area contributed by atoms with Crippen molar-refractivity contribution in [2.45, 2.75) is 25.4 Å². The van der Waals surface area contributed by atoms with E-state index < -0.39 is 24.0 Å². The van der Waals surface area contributed by atoms with Gasteiger partial charge in [-0.05, 0) is 18.9 Å². The van der Waals surface area contributed by atoms with E-state index in [1.807, 2.05) is 30.3 Å². The molecule has 6 nitrogen and oxygen atoms in total. The van der Waals surface area contributed by atoms with Gasteiger partial charge < -0.3 is 21.0 Å². The van der Waals surface area contributed by atoms with Crippen molar-refractivity contribution in [3.05, 3.63) is 35.9 Å². The molecule has 0 heterocycles. The molecule has 0 aromatic heterocycles. The number of aliphatic carboxylic acids is 1. The molecular formula is C14H20Cl2N2O4. The van der Waals surface area contributed by atoms with Crippen LogP contribution >= 0.6 is 24.0 Å². The van der Waals surface area contributed by atoms with E-state index in [0.29, 0.717) is 12.7 Å². The van der Waals surface area contributed by atoms with Crippen LogP contribution in [-0.2, 0) is 20.8 Å². The maximum Gasteiger partial charge on any atom is 0.325 e. The van der Waals surface area contributed by atoms with Crippen molar-refractivity contribution in [1.82, 2.24) is 5.32 Å². The van der Waals surface area contributed by atoms with Gasteiger partial charge in [-0.1, -0.05) is 30.3 Å². The number of hydrogen-bond acceptors (Lipinski definition) is 4. The molecule has 1 amide bonds. The number of hydrogen-bond donors (Lipinski definition) is 3. The van der Waals surface area contributed by atoms with Gasteiger partial charge in [-0.2, -0.15) is 0 Å². The number of carbonyl (C=O) groups is 3. The first-order chi connectivity index (χ1) is 9.92. The minimum atomic E-state index is -1.08. The second-order valence-corrected chi connectivity index (χ2v) is 4.49. The van der Waals surface area contributed by atoms with Gasteiger partial charge in [0.1, 0.15) is 12.3 Å². The molecule has 0 spiro atoms. The highest BCUT2D eigenvalue weighted by Gasteiger charge is 2.19. The number of nitrogens with one attached hydrogen (secondary N) is 1. The lowest BCUT2D eigenvalue weighted by Gasteiger charge is -2.14. The summed E-state index contributed by atoms with van der Waals surface area (Å²) in [6, 6.07) is 7.67. The number of rotatable bonds is 6. The van der Waals surface area contributed by atoms with Crippen LogP contribution in [0.3, 0.4) is 0 Å². The molecule has 22 heavy (non-hydrogen) atoms. The van der Waals surface area contributed by atoms with Crippen LogP contribution in [0, 0.1) is 0 Å². The van der Waals surface area contributed by atoms with Gasteiger partial charge in [0.2, 0.25) is 5.91 Å². The third-order valence-corrected chi connectivity index (χ3v) is 2.55. The van der Waals surface area contributed by atoms with Crippen molar-refractivity contribution >= 4 is 42.2 Å². The zero-order chi connectivity index (χ0) is 16.3. The first-order valence-corrected chi connectivity index (χ1v) is 6.78. The first-order valence-electron chi connectivity index (χ1n) is 6.24. The van der Waals surface area contributed by atoms with Crippen molar-refractivity contribution in [2.75, 3.05) is 5.88 Å². The normalized spacial score (nSPS) is 11.8. The van der Waals surface area contributed by atoms with Gasteiger partial charge in [0.05, 0.1) is 11.9 Å². The van der Waals surface area contributed by atoms with Crippen molar-refractivity contribution in [3.63, 3.8) is 0 Å². The zero-order valence-electron chi connectivity index (χ0n) is 12.1. The van der Waals surface area contributed by atoms with Crippen LogP contribution in [0.25, 0.3) is 0 Å². The number of carboxylic acids is 1. The quantitative estimate of drug-likeness (QED) is 0.523. The summed E-state index contributed by atoms with van der Waals surface area (Å²) in [7, 11) is 0. The van der Waals surface area contributed by atoms with Crippen LogP contribution in [0.15, 0.2) is 30.3 Å². The summed E-state index contributed by atoms with van der Waals surface area (Å²) in [4.78, 5) is 31.2. The van der Waals surface area contributed by atoms with Gasteiger partial charge in [0, 0.05) is 0 Å². The molecule has 0 radical (unpaired) electrons. The Morgan fingerprint density at radius 1 is 1.36 bits per heavy atom. The fraction of sp³-hybridized carbons (Fsp3) is 0.357. The van der Waals surface area contributed by atoms with Crippen molar-refractivity contribution in [3.8, 4) is 0 Å². The number of benzene rings is 1. The Hall–Kier alpha value is -1.63. The average molecular weight is 351 g/mol. The van der Waals surface area contributed by atoms with Crippen LogP contribution in [0.1, 0.15) is 12.5 Å². The summed E-state index contributed by atoms with van der Waals surface area (Å²) in [6.07, 6.45) is 1.03. The molecule has 0 aliphatic heterocycles. The van der Waals surface area contributed by atoms with E-state index in [0.717, 1.165) is 5.56 Å². The Morgan fingerprint density at radius 2 is 1.86 bits per heavy atom. The molecule has 1 aromatic carbocycles. The van der Waals surface area contributed by atoms with E-state index in [9.17, 15) is 9.59 Å². The molecule has 1 aromatic rings. The lowest BCUT2D eigenvalue weighted by Crippen LogP contribution is -2.47. The van der Waals surface area contributed by atoms with E-state index >= 15 is 0 Å². The Labute approximate surface area is 140 Å². The van der Waals surface area contributed by atoms with Gasteiger partial charge >= 0.3 is 5.97 Å². The number of alkyl halides is 1. The maximum atomic E-state index is 11.6. The molecular weight excluding hydrogens is 331 g/mol. The lowest BCUT2D eigenvalue weighted by molar-refractivity contribution is -0.141. The third kappa shape index (κ3) is 10.1. The molecule has 4 N–H and O–H groups in total. The molecule has 2 atom stereocenters. The monoisotopic (exact) mass is 350 g/mol. The summed E-state index contributed by atoms with van der Waals surface area (Å²) in [5.41, 5.74) is 6.64. The average Bonchev–Trinajstić information content (AvgIpc) is 2.48. The number of aldehydes is 1. The second-order valence-electron chi connectivity index (χ2n) is 4.19. The molecule has 0 bridgehead atoms. The molecule has 1 rings (SSSR count). The molecule has 2 unspecified atom stereocenters. The van der Waals surface area contributed by atoms with Crippen molar-refractivity contribution in [2.24, 2.45) is 5.73 Å². The van der Waals surface area contributed by atoms with Gasteiger partial charge in [-0.3, -0.25) is 9.59 Å². The molecule has 0 saturated carbocycles. The number of carboxylic acid groups (broad SMARTS) is 1. The predicted molar refractivity (Wildman–Crippen MR) is 87.4 cm³/mol.